The number of thiophene rings is 1. The maximum Gasteiger partial charge on any atom is 0.0702 e. The van der Waals surface area contributed by atoms with Crippen molar-refractivity contribution in [1.29, 1.82) is 0 Å². The van der Waals surface area contributed by atoms with E-state index in [9.17, 15) is 0 Å². The van der Waals surface area contributed by atoms with Gasteiger partial charge in [-0.25, -0.2) is 0 Å². The minimum absolute atomic E-state index is 0.947. The molecule has 0 fully saturated rings. The van der Waals surface area contributed by atoms with Gasteiger partial charge >= 0.3 is 0 Å². The molecule has 110 valence electrons. The summed E-state index contributed by atoms with van der Waals surface area (Å²) >= 11 is 5.35. The highest BCUT2D eigenvalue weighted by Crippen LogP contribution is 2.27. The SMILES string of the molecule is CNCCCc1cn(Cc2ccc(Br)s2)c2ccccc12. The van der Waals surface area contributed by atoms with Gasteiger partial charge in [0, 0.05) is 22.0 Å². The van der Waals surface area contributed by atoms with Gasteiger partial charge in [0.05, 0.1) is 10.3 Å². The van der Waals surface area contributed by atoms with Crippen molar-refractivity contribution in [2.45, 2.75) is 19.4 Å². The first kappa shape index (κ1) is 14.8. The van der Waals surface area contributed by atoms with Gasteiger partial charge in [0.15, 0.2) is 0 Å². The summed E-state index contributed by atoms with van der Waals surface area (Å²) in [6.45, 7) is 2.01. The van der Waals surface area contributed by atoms with Crippen LogP contribution in [0.3, 0.4) is 0 Å². The minimum atomic E-state index is 0.947. The zero-order chi connectivity index (χ0) is 14.7. The number of fused-ring (bicyclic) bond motifs is 1. The van der Waals surface area contributed by atoms with Crippen molar-refractivity contribution in [1.82, 2.24) is 9.88 Å². The molecule has 2 heterocycles. The summed E-state index contributed by atoms with van der Waals surface area (Å²) in [6.07, 6.45) is 4.63. The number of aryl methyl sites for hydroxylation is 1. The van der Waals surface area contributed by atoms with Crippen molar-refractivity contribution < 1.29 is 0 Å². The molecule has 0 bridgehead atoms. The van der Waals surface area contributed by atoms with E-state index in [1.807, 2.05) is 18.4 Å². The fourth-order valence-electron chi connectivity index (χ4n) is 2.71. The van der Waals surface area contributed by atoms with Crippen LogP contribution in [0.25, 0.3) is 10.9 Å². The fourth-order valence-corrected chi connectivity index (χ4v) is 4.20. The van der Waals surface area contributed by atoms with Crippen LogP contribution >= 0.6 is 27.3 Å². The van der Waals surface area contributed by atoms with E-state index < -0.39 is 0 Å². The predicted molar refractivity (Wildman–Crippen MR) is 95.3 cm³/mol. The quantitative estimate of drug-likeness (QED) is 0.630. The van der Waals surface area contributed by atoms with Gasteiger partial charge in [0.2, 0.25) is 0 Å². The Morgan fingerprint density at radius 2 is 2.05 bits per heavy atom. The number of halogens is 1. The third-order valence-corrected chi connectivity index (χ3v) is 5.31. The van der Waals surface area contributed by atoms with Crippen LogP contribution < -0.4 is 5.32 Å². The lowest BCUT2D eigenvalue weighted by Gasteiger charge is -2.02. The molecule has 2 nitrogen and oxygen atoms in total. The van der Waals surface area contributed by atoms with Gasteiger partial charge in [0.25, 0.3) is 0 Å². The van der Waals surface area contributed by atoms with Gasteiger partial charge in [0.1, 0.15) is 0 Å². The Balaban J connectivity index is 1.90. The summed E-state index contributed by atoms with van der Waals surface area (Å²) < 4.78 is 3.57. The summed E-state index contributed by atoms with van der Waals surface area (Å²) in [4.78, 5) is 1.38. The predicted octanol–water partition coefficient (Wildman–Crippen LogP) is 4.67. The average molecular weight is 363 g/mol. The molecular weight excluding hydrogens is 344 g/mol. The topological polar surface area (TPSA) is 17.0 Å². The maximum absolute atomic E-state index is 3.54. The van der Waals surface area contributed by atoms with E-state index in [2.05, 4.69) is 68.4 Å². The van der Waals surface area contributed by atoms with Crippen LogP contribution in [-0.4, -0.2) is 18.2 Å². The van der Waals surface area contributed by atoms with E-state index in [0.717, 1.165) is 19.5 Å². The Morgan fingerprint density at radius 3 is 2.81 bits per heavy atom. The van der Waals surface area contributed by atoms with E-state index in [-0.39, 0.29) is 0 Å². The van der Waals surface area contributed by atoms with Crippen molar-refractivity contribution in [2.75, 3.05) is 13.6 Å². The molecular formula is C17H19BrN2S. The number of benzene rings is 1. The Kier molecular flexibility index (Phi) is 4.78. The largest absolute Gasteiger partial charge is 0.342 e. The second-order valence-electron chi connectivity index (χ2n) is 5.21. The first-order valence-electron chi connectivity index (χ1n) is 7.23. The molecule has 1 N–H and O–H groups in total. The lowest BCUT2D eigenvalue weighted by atomic mass is 10.1. The van der Waals surface area contributed by atoms with Crippen molar-refractivity contribution in [2.24, 2.45) is 0 Å². The van der Waals surface area contributed by atoms with Gasteiger partial charge in [-0.05, 0) is 66.1 Å². The van der Waals surface area contributed by atoms with Gasteiger partial charge in [-0.3, -0.25) is 0 Å². The van der Waals surface area contributed by atoms with E-state index in [1.165, 1.54) is 31.6 Å². The molecule has 0 saturated heterocycles. The Labute approximate surface area is 137 Å². The van der Waals surface area contributed by atoms with Crippen molar-refractivity contribution in [3.05, 3.63) is 56.8 Å². The first-order chi connectivity index (χ1) is 10.3. The normalized spacial score (nSPS) is 11.3. The molecule has 0 saturated carbocycles. The Morgan fingerprint density at radius 1 is 1.19 bits per heavy atom. The van der Waals surface area contributed by atoms with Crippen molar-refractivity contribution in [3.8, 4) is 0 Å². The molecule has 0 aliphatic heterocycles. The lowest BCUT2D eigenvalue weighted by molar-refractivity contribution is 0.723. The van der Waals surface area contributed by atoms with Gasteiger partial charge in [-0.15, -0.1) is 11.3 Å². The fraction of sp³-hybridized carbons (Fsp3) is 0.294. The van der Waals surface area contributed by atoms with E-state index in [0.29, 0.717) is 0 Å². The van der Waals surface area contributed by atoms with Crippen LogP contribution in [-0.2, 0) is 13.0 Å². The highest BCUT2D eigenvalue weighted by molar-refractivity contribution is 9.11. The summed E-state index contributed by atoms with van der Waals surface area (Å²) in [6, 6.07) is 13.0. The molecule has 3 rings (SSSR count). The molecule has 4 heteroatoms. The molecule has 0 aliphatic rings. The first-order valence-corrected chi connectivity index (χ1v) is 8.84. The molecule has 0 atom stereocenters. The summed E-state index contributed by atoms with van der Waals surface area (Å²) in [5.74, 6) is 0. The molecule has 0 unspecified atom stereocenters. The number of hydrogen-bond donors (Lipinski definition) is 1. The van der Waals surface area contributed by atoms with Crippen LogP contribution in [0.5, 0.6) is 0 Å². The second-order valence-corrected chi connectivity index (χ2v) is 7.76. The monoisotopic (exact) mass is 362 g/mol. The number of nitrogens with one attached hydrogen (secondary N) is 1. The van der Waals surface area contributed by atoms with Crippen molar-refractivity contribution in [3.63, 3.8) is 0 Å². The molecule has 2 aromatic heterocycles. The highest BCUT2D eigenvalue weighted by atomic mass is 79.9. The van der Waals surface area contributed by atoms with Gasteiger partial charge < -0.3 is 9.88 Å². The zero-order valence-corrected chi connectivity index (χ0v) is 14.5. The summed E-state index contributed by atoms with van der Waals surface area (Å²) in [5, 5.41) is 4.62. The van der Waals surface area contributed by atoms with Gasteiger partial charge in [-0.1, -0.05) is 18.2 Å². The number of rotatable bonds is 6. The molecule has 3 aromatic rings. The second kappa shape index (κ2) is 6.77. The molecule has 1 aromatic carbocycles. The van der Waals surface area contributed by atoms with Gasteiger partial charge in [-0.2, -0.15) is 0 Å². The molecule has 21 heavy (non-hydrogen) atoms. The third-order valence-electron chi connectivity index (χ3n) is 3.70. The third kappa shape index (κ3) is 3.39. The van der Waals surface area contributed by atoms with E-state index >= 15 is 0 Å². The summed E-state index contributed by atoms with van der Waals surface area (Å²) in [5.41, 5.74) is 2.79. The highest BCUT2D eigenvalue weighted by Gasteiger charge is 2.09. The van der Waals surface area contributed by atoms with Crippen LogP contribution in [0.2, 0.25) is 0 Å². The van der Waals surface area contributed by atoms with Crippen LogP contribution in [0.4, 0.5) is 0 Å². The van der Waals surface area contributed by atoms with E-state index in [1.54, 1.807) is 0 Å². The minimum Gasteiger partial charge on any atom is -0.342 e. The smallest absolute Gasteiger partial charge is 0.0702 e. The maximum atomic E-state index is 3.54. The van der Waals surface area contributed by atoms with Crippen LogP contribution in [0.15, 0.2) is 46.4 Å². The Bertz CT molecular complexity index is 729. The molecule has 0 radical (unpaired) electrons. The average Bonchev–Trinajstić information content (AvgIpc) is 3.05. The lowest BCUT2D eigenvalue weighted by Crippen LogP contribution is -2.08. The number of para-hydroxylation sites is 1. The van der Waals surface area contributed by atoms with Crippen LogP contribution in [0, 0.1) is 0 Å². The van der Waals surface area contributed by atoms with Crippen LogP contribution in [0.1, 0.15) is 16.9 Å². The van der Waals surface area contributed by atoms with Crippen molar-refractivity contribution >= 4 is 38.2 Å². The Hall–Kier alpha value is -1.10. The number of hydrogen-bond acceptors (Lipinski definition) is 2. The zero-order valence-electron chi connectivity index (χ0n) is 12.1. The molecule has 0 spiro atoms. The number of nitrogens with zero attached hydrogens (tertiary/aromatic N) is 1. The summed E-state index contributed by atoms with van der Waals surface area (Å²) in [7, 11) is 2.01. The van der Waals surface area contributed by atoms with E-state index in [4.69, 9.17) is 0 Å². The number of aromatic nitrogens is 1. The molecule has 0 aliphatic carbocycles. The standard InChI is InChI=1S/C17H19BrN2S/c1-19-10-4-5-13-11-20(12-14-8-9-17(18)21-14)16-7-3-2-6-15(13)16/h2-3,6-9,11,19H,4-5,10,12H2,1H3. The molecule has 0 amide bonds.